The highest BCUT2D eigenvalue weighted by atomic mass is 16.3. The molecule has 0 rings (SSSR count). The number of hydrogen-bond acceptors (Lipinski definition) is 6. The van der Waals surface area contributed by atoms with Gasteiger partial charge in [0.1, 0.15) is 0 Å². The molecule has 0 fully saturated rings. The average Bonchev–Trinajstić information content (AvgIpc) is 2.30. The van der Waals surface area contributed by atoms with Crippen LogP contribution in [0.15, 0.2) is 0 Å². The maximum absolute atomic E-state index is 9.88. The molecule has 6 heteroatoms. The number of aliphatic hydroxyl groups excluding tert-OH is 6. The van der Waals surface area contributed by atoms with Crippen molar-refractivity contribution >= 4 is 0 Å². The van der Waals surface area contributed by atoms with E-state index in [-0.39, 0.29) is 0 Å². The minimum Gasteiger partial charge on any atom is -0.396 e. The van der Waals surface area contributed by atoms with Gasteiger partial charge in [-0.2, -0.15) is 0 Å². The molecule has 0 aromatic heterocycles. The molecule has 92 valence electrons. The van der Waals surface area contributed by atoms with Crippen LogP contribution in [0.25, 0.3) is 0 Å². The number of rotatable bonds is 7. The third-order valence-electron chi connectivity index (χ3n) is 2.91. The Morgan fingerprint density at radius 1 is 0.800 bits per heavy atom. The van der Waals surface area contributed by atoms with Gasteiger partial charge < -0.3 is 30.6 Å². The minimum atomic E-state index is -1.53. The zero-order valence-corrected chi connectivity index (χ0v) is 8.80. The topological polar surface area (TPSA) is 121 Å². The molecular formula is C9H20O6. The second-order valence-corrected chi connectivity index (χ2v) is 4.21. The lowest BCUT2D eigenvalue weighted by atomic mass is 9.70. The van der Waals surface area contributed by atoms with E-state index in [4.69, 9.17) is 25.5 Å². The van der Waals surface area contributed by atoms with Gasteiger partial charge in [0.05, 0.1) is 44.6 Å². The Labute approximate surface area is 88.4 Å². The predicted molar refractivity (Wildman–Crippen MR) is 52.0 cm³/mol. The minimum absolute atomic E-state index is 0.521. The van der Waals surface area contributed by atoms with E-state index in [1.54, 1.807) is 0 Å². The lowest BCUT2D eigenvalue weighted by molar-refractivity contribution is -0.154. The molecule has 1 unspecified atom stereocenters. The van der Waals surface area contributed by atoms with Crippen LogP contribution in [0.4, 0.5) is 0 Å². The molecule has 0 spiro atoms. The zero-order chi connectivity index (χ0) is 12.1. The van der Waals surface area contributed by atoms with Crippen molar-refractivity contribution in [3.63, 3.8) is 0 Å². The quantitative estimate of drug-likeness (QED) is 0.280. The standard InChI is InChI=1S/C9H20O6/c1-8(2-10,3-11)7(15)9(4-12,5-13)6-14/h7,10-15H,2-6H2,1H3. The van der Waals surface area contributed by atoms with Crippen molar-refractivity contribution in [2.45, 2.75) is 13.0 Å². The second kappa shape index (κ2) is 5.74. The fourth-order valence-corrected chi connectivity index (χ4v) is 1.37. The van der Waals surface area contributed by atoms with Gasteiger partial charge in [-0.05, 0) is 0 Å². The summed E-state index contributed by atoms with van der Waals surface area (Å²) < 4.78 is 0. The smallest absolute Gasteiger partial charge is 0.0760 e. The van der Waals surface area contributed by atoms with Gasteiger partial charge in [-0.3, -0.25) is 0 Å². The fourth-order valence-electron chi connectivity index (χ4n) is 1.37. The van der Waals surface area contributed by atoms with E-state index in [2.05, 4.69) is 0 Å². The van der Waals surface area contributed by atoms with E-state index in [0.717, 1.165) is 0 Å². The summed E-state index contributed by atoms with van der Waals surface area (Å²) in [5.74, 6) is 0. The summed E-state index contributed by atoms with van der Waals surface area (Å²) in [6, 6.07) is 0. The molecule has 1 atom stereocenters. The molecule has 0 radical (unpaired) electrons. The summed E-state index contributed by atoms with van der Waals surface area (Å²) in [5.41, 5.74) is -2.81. The molecule has 0 aliphatic rings. The Morgan fingerprint density at radius 3 is 1.33 bits per heavy atom. The van der Waals surface area contributed by atoms with Crippen LogP contribution >= 0.6 is 0 Å². The summed E-state index contributed by atoms with van der Waals surface area (Å²) in [6.07, 6.45) is -1.42. The van der Waals surface area contributed by atoms with Crippen molar-refractivity contribution in [3.05, 3.63) is 0 Å². The largest absolute Gasteiger partial charge is 0.396 e. The van der Waals surface area contributed by atoms with Crippen LogP contribution < -0.4 is 0 Å². The first kappa shape index (κ1) is 14.8. The van der Waals surface area contributed by atoms with E-state index in [9.17, 15) is 5.11 Å². The molecule has 0 saturated carbocycles. The number of hydrogen-bond donors (Lipinski definition) is 6. The summed E-state index contributed by atoms with van der Waals surface area (Å²) in [6.45, 7) is -1.57. The van der Waals surface area contributed by atoms with Gasteiger partial charge in [-0.25, -0.2) is 0 Å². The van der Waals surface area contributed by atoms with Crippen molar-refractivity contribution < 1.29 is 30.6 Å². The highest BCUT2D eigenvalue weighted by Gasteiger charge is 2.47. The SMILES string of the molecule is CC(CO)(CO)C(O)C(CO)(CO)CO. The Kier molecular flexibility index (Phi) is 5.65. The first-order chi connectivity index (χ1) is 6.96. The molecule has 0 aliphatic heterocycles. The molecule has 6 nitrogen and oxygen atoms in total. The van der Waals surface area contributed by atoms with Crippen LogP contribution in [0.1, 0.15) is 6.92 Å². The van der Waals surface area contributed by atoms with E-state index in [1.807, 2.05) is 0 Å². The first-order valence-electron chi connectivity index (χ1n) is 4.68. The molecular weight excluding hydrogens is 204 g/mol. The Morgan fingerprint density at radius 2 is 1.13 bits per heavy atom. The third kappa shape index (κ3) is 2.66. The van der Waals surface area contributed by atoms with Gasteiger partial charge in [-0.15, -0.1) is 0 Å². The molecule has 0 aliphatic carbocycles. The summed E-state index contributed by atoms with van der Waals surface area (Å²) >= 11 is 0. The zero-order valence-electron chi connectivity index (χ0n) is 8.80. The monoisotopic (exact) mass is 224 g/mol. The Bertz CT molecular complexity index is 167. The highest BCUT2D eigenvalue weighted by Crippen LogP contribution is 2.33. The van der Waals surface area contributed by atoms with Crippen molar-refractivity contribution in [3.8, 4) is 0 Å². The van der Waals surface area contributed by atoms with Gasteiger partial charge in [0.25, 0.3) is 0 Å². The van der Waals surface area contributed by atoms with Crippen LogP contribution in [0.3, 0.4) is 0 Å². The van der Waals surface area contributed by atoms with Crippen molar-refractivity contribution in [2.75, 3.05) is 33.0 Å². The van der Waals surface area contributed by atoms with Crippen LogP contribution in [0.5, 0.6) is 0 Å². The Hall–Kier alpha value is -0.240. The normalized spacial score (nSPS) is 15.4. The lowest BCUT2D eigenvalue weighted by Crippen LogP contribution is -2.55. The van der Waals surface area contributed by atoms with Crippen LogP contribution in [0.2, 0.25) is 0 Å². The second-order valence-electron chi connectivity index (χ2n) is 4.21. The van der Waals surface area contributed by atoms with Crippen LogP contribution in [-0.4, -0.2) is 69.8 Å². The van der Waals surface area contributed by atoms with E-state index >= 15 is 0 Å². The Balaban J connectivity index is 4.98. The molecule has 0 aromatic carbocycles. The van der Waals surface area contributed by atoms with Gasteiger partial charge in [0, 0.05) is 5.41 Å². The van der Waals surface area contributed by atoms with Gasteiger partial charge in [-0.1, -0.05) is 6.92 Å². The van der Waals surface area contributed by atoms with Gasteiger partial charge >= 0.3 is 0 Å². The maximum Gasteiger partial charge on any atom is 0.0760 e. The van der Waals surface area contributed by atoms with Gasteiger partial charge in [0.2, 0.25) is 0 Å². The lowest BCUT2D eigenvalue weighted by Gasteiger charge is -2.42. The molecule has 0 heterocycles. The van der Waals surface area contributed by atoms with Crippen molar-refractivity contribution in [1.29, 1.82) is 0 Å². The van der Waals surface area contributed by atoms with E-state index in [0.29, 0.717) is 0 Å². The van der Waals surface area contributed by atoms with Crippen molar-refractivity contribution in [1.82, 2.24) is 0 Å². The molecule has 15 heavy (non-hydrogen) atoms. The summed E-state index contributed by atoms with van der Waals surface area (Å²) in [4.78, 5) is 0. The molecule has 0 saturated heterocycles. The summed E-state index contributed by atoms with van der Waals surface area (Å²) in [5, 5.41) is 55.1. The van der Waals surface area contributed by atoms with Crippen LogP contribution in [-0.2, 0) is 0 Å². The van der Waals surface area contributed by atoms with Gasteiger partial charge in [0.15, 0.2) is 0 Å². The van der Waals surface area contributed by atoms with E-state index < -0.39 is 50.0 Å². The molecule has 6 N–H and O–H groups in total. The highest BCUT2D eigenvalue weighted by molar-refractivity contribution is 4.95. The fraction of sp³-hybridized carbons (Fsp3) is 1.00. The number of aliphatic hydroxyl groups is 6. The van der Waals surface area contributed by atoms with E-state index in [1.165, 1.54) is 6.92 Å². The maximum atomic E-state index is 9.88. The first-order valence-corrected chi connectivity index (χ1v) is 4.68. The molecule has 0 aromatic rings. The molecule has 0 bridgehead atoms. The van der Waals surface area contributed by atoms with Crippen LogP contribution in [0, 0.1) is 10.8 Å². The average molecular weight is 224 g/mol. The molecule has 0 amide bonds. The predicted octanol–water partition coefficient (Wildman–Crippen LogP) is -2.70. The summed E-state index contributed by atoms with van der Waals surface area (Å²) in [7, 11) is 0. The van der Waals surface area contributed by atoms with Crippen molar-refractivity contribution in [2.24, 2.45) is 10.8 Å². The third-order valence-corrected chi connectivity index (χ3v) is 2.91.